The molecule has 0 bridgehead atoms. The van der Waals surface area contributed by atoms with E-state index in [0.29, 0.717) is 0 Å². The Morgan fingerprint density at radius 1 is 1.25 bits per heavy atom. The third-order valence-electron chi connectivity index (χ3n) is 1.79. The molecular weight excluding hydrogens is 146 g/mol. The van der Waals surface area contributed by atoms with Crippen molar-refractivity contribution in [3.05, 3.63) is 37.5 Å². The molecule has 12 heavy (non-hydrogen) atoms. The molecule has 0 aromatic heterocycles. The molecule has 68 valence electrons. The van der Waals surface area contributed by atoms with Crippen LogP contribution in [0.5, 0.6) is 0 Å². The zero-order valence-corrected chi connectivity index (χ0v) is 8.34. The quantitative estimate of drug-likeness (QED) is 0.420. The van der Waals surface area contributed by atoms with Crippen LogP contribution in [0.15, 0.2) is 37.5 Å². The molecule has 0 spiro atoms. The van der Waals surface area contributed by atoms with Gasteiger partial charge in [0.1, 0.15) is 6.54 Å². The van der Waals surface area contributed by atoms with Crippen LogP contribution in [0.3, 0.4) is 0 Å². The molecule has 0 saturated heterocycles. The predicted octanol–water partition coefficient (Wildman–Crippen LogP) is 2.38. The van der Waals surface area contributed by atoms with Crippen LogP contribution >= 0.6 is 0 Å². The standard InChI is InChI=1S/C11H20N/c1-6-8-12(5,9-7-2)10-11(3)4/h6-7H,1-3,8-10H2,4-5H3/q+1. The summed E-state index contributed by atoms with van der Waals surface area (Å²) < 4.78 is 0.933. The Kier molecular flexibility index (Phi) is 4.60. The van der Waals surface area contributed by atoms with E-state index in [9.17, 15) is 0 Å². The van der Waals surface area contributed by atoms with Gasteiger partial charge in [0.25, 0.3) is 0 Å². The van der Waals surface area contributed by atoms with Crippen LogP contribution in [0.2, 0.25) is 0 Å². The van der Waals surface area contributed by atoms with Crippen LogP contribution in [-0.4, -0.2) is 31.2 Å². The summed E-state index contributed by atoms with van der Waals surface area (Å²) in [6.07, 6.45) is 3.90. The Morgan fingerprint density at radius 2 is 1.67 bits per heavy atom. The lowest BCUT2D eigenvalue weighted by Crippen LogP contribution is -2.45. The number of hydrogen-bond donors (Lipinski definition) is 0. The van der Waals surface area contributed by atoms with Gasteiger partial charge >= 0.3 is 0 Å². The molecule has 0 unspecified atom stereocenters. The van der Waals surface area contributed by atoms with Crippen molar-refractivity contribution in [3.63, 3.8) is 0 Å². The minimum Gasteiger partial charge on any atom is -0.316 e. The Hall–Kier alpha value is -0.820. The summed E-state index contributed by atoms with van der Waals surface area (Å²) in [7, 11) is 2.19. The van der Waals surface area contributed by atoms with Gasteiger partial charge in [0, 0.05) is 0 Å². The summed E-state index contributed by atoms with van der Waals surface area (Å²) in [4.78, 5) is 0. The van der Waals surface area contributed by atoms with Crippen molar-refractivity contribution in [2.75, 3.05) is 26.7 Å². The largest absolute Gasteiger partial charge is 0.316 e. The van der Waals surface area contributed by atoms with Crippen molar-refractivity contribution in [1.29, 1.82) is 0 Å². The maximum absolute atomic E-state index is 3.92. The van der Waals surface area contributed by atoms with Crippen LogP contribution in [0, 0.1) is 0 Å². The van der Waals surface area contributed by atoms with Gasteiger partial charge in [-0.05, 0) is 24.6 Å². The number of quaternary nitrogens is 1. The fourth-order valence-electron chi connectivity index (χ4n) is 1.48. The third kappa shape index (κ3) is 4.14. The fourth-order valence-corrected chi connectivity index (χ4v) is 1.48. The number of nitrogens with zero attached hydrogens (tertiary/aromatic N) is 1. The van der Waals surface area contributed by atoms with Crippen molar-refractivity contribution in [3.8, 4) is 0 Å². The molecule has 0 aliphatic rings. The predicted molar refractivity (Wildman–Crippen MR) is 56.0 cm³/mol. The summed E-state index contributed by atoms with van der Waals surface area (Å²) in [6, 6.07) is 0. The fraction of sp³-hybridized carbons (Fsp3) is 0.455. The zero-order chi connectivity index (χ0) is 9.61. The molecule has 0 rings (SSSR count). The van der Waals surface area contributed by atoms with E-state index in [1.54, 1.807) is 0 Å². The molecule has 0 aromatic rings. The second-order valence-electron chi connectivity index (χ2n) is 3.68. The first kappa shape index (κ1) is 11.2. The molecule has 0 N–H and O–H groups in total. The SMILES string of the molecule is C=CC[N+](C)(CC=C)CC(=C)C. The zero-order valence-electron chi connectivity index (χ0n) is 8.34. The first-order valence-electron chi connectivity index (χ1n) is 4.24. The highest BCUT2D eigenvalue weighted by Gasteiger charge is 2.17. The van der Waals surface area contributed by atoms with E-state index in [4.69, 9.17) is 0 Å². The summed E-state index contributed by atoms with van der Waals surface area (Å²) in [6.45, 7) is 16.4. The molecular formula is C11H20N+. The summed E-state index contributed by atoms with van der Waals surface area (Å²) in [5.74, 6) is 0. The van der Waals surface area contributed by atoms with Crippen LogP contribution in [0.4, 0.5) is 0 Å². The van der Waals surface area contributed by atoms with Crippen LogP contribution in [0.25, 0.3) is 0 Å². The minimum atomic E-state index is 0.933. The number of likely N-dealkylation sites (N-methyl/N-ethyl adjacent to an activating group) is 1. The van der Waals surface area contributed by atoms with Crippen molar-refractivity contribution in [1.82, 2.24) is 0 Å². The highest BCUT2D eigenvalue weighted by atomic mass is 15.3. The van der Waals surface area contributed by atoms with E-state index < -0.39 is 0 Å². The summed E-state index contributed by atoms with van der Waals surface area (Å²) >= 11 is 0. The lowest BCUT2D eigenvalue weighted by Gasteiger charge is -2.32. The summed E-state index contributed by atoms with van der Waals surface area (Å²) in [5.41, 5.74) is 1.21. The normalized spacial score (nSPS) is 10.8. The molecule has 0 aliphatic carbocycles. The van der Waals surface area contributed by atoms with Gasteiger partial charge < -0.3 is 4.48 Å². The number of rotatable bonds is 6. The number of hydrogen-bond acceptors (Lipinski definition) is 0. The van der Waals surface area contributed by atoms with Crippen molar-refractivity contribution < 1.29 is 4.48 Å². The smallest absolute Gasteiger partial charge is 0.100 e. The molecule has 0 radical (unpaired) electrons. The maximum Gasteiger partial charge on any atom is 0.100 e. The Bertz CT molecular complexity index is 169. The van der Waals surface area contributed by atoms with E-state index >= 15 is 0 Å². The molecule has 0 fully saturated rings. The summed E-state index contributed by atoms with van der Waals surface area (Å²) in [5, 5.41) is 0. The Labute approximate surface area is 76.3 Å². The second-order valence-corrected chi connectivity index (χ2v) is 3.68. The maximum atomic E-state index is 3.92. The molecule has 0 saturated carbocycles. The van der Waals surface area contributed by atoms with Gasteiger partial charge in [0.15, 0.2) is 0 Å². The van der Waals surface area contributed by atoms with E-state index in [-0.39, 0.29) is 0 Å². The van der Waals surface area contributed by atoms with Gasteiger partial charge in [-0.25, -0.2) is 0 Å². The van der Waals surface area contributed by atoms with Crippen LogP contribution < -0.4 is 0 Å². The third-order valence-corrected chi connectivity index (χ3v) is 1.79. The van der Waals surface area contributed by atoms with Crippen LogP contribution in [0.1, 0.15) is 6.92 Å². The van der Waals surface area contributed by atoms with Gasteiger partial charge in [-0.15, -0.1) is 0 Å². The van der Waals surface area contributed by atoms with Crippen molar-refractivity contribution in [2.45, 2.75) is 6.92 Å². The van der Waals surface area contributed by atoms with E-state index in [2.05, 4.69) is 33.7 Å². The van der Waals surface area contributed by atoms with Crippen molar-refractivity contribution in [2.24, 2.45) is 0 Å². The van der Waals surface area contributed by atoms with Crippen LogP contribution in [-0.2, 0) is 0 Å². The molecule has 0 heterocycles. The van der Waals surface area contributed by atoms with Gasteiger partial charge in [0.2, 0.25) is 0 Å². The van der Waals surface area contributed by atoms with E-state index in [1.165, 1.54) is 5.57 Å². The molecule has 0 aromatic carbocycles. The average molecular weight is 166 g/mol. The first-order valence-corrected chi connectivity index (χ1v) is 4.24. The molecule has 0 aliphatic heterocycles. The first-order chi connectivity index (χ1) is 5.54. The average Bonchev–Trinajstić information content (AvgIpc) is 1.85. The van der Waals surface area contributed by atoms with Gasteiger partial charge in [-0.2, -0.15) is 0 Å². The minimum absolute atomic E-state index is 0.933. The molecule has 0 atom stereocenters. The molecule has 0 amide bonds. The monoisotopic (exact) mass is 166 g/mol. The van der Waals surface area contributed by atoms with E-state index in [0.717, 1.165) is 24.1 Å². The highest BCUT2D eigenvalue weighted by Crippen LogP contribution is 2.06. The lowest BCUT2D eigenvalue weighted by atomic mass is 10.2. The van der Waals surface area contributed by atoms with Gasteiger partial charge in [0.05, 0.1) is 20.1 Å². The molecule has 1 nitrogen and oxygen atoms in total. The molecule has 1 heteroatoms. The lowest BCUT2D eigenvalue weighted by molar-refractivity contribution is -0.893. The second kappa shape index (κ2) is 4.94. The Morgan fingerprint density at radius 3 is 1.92 bits per heavy atom. The highest BCUT2D eigenvalue weighted by molar-refractivity contribution is 4.89. The van der Waals surface area contributed by atoms with Crippen molar-refractivity contribution >= 4 is 0 Å². The van der Waals surface area contributed by atoms with Gasteiger partial charge in [-0.1, -0.05) is 19.7 Å². The van der Waals surface area contributed by atoms with Gasteiger partial charge in [-0.3, -0.25) is 0 Å². The van der Waals surface area contributed by atoms with E-state index in [1.807, 2.05) is 12.2 Å². The Balaban J connectivity index is 4.25. The topological polar surface area (TPSA) is 0 Å².